The zero-order valence-corrected chi connectivity index (χ0v) is 13.9. The van der Waals surface area contributed by atoms with Gasteiger partial charge < -0.3 is 15.0 Å². The van der Waals surface area contributed by atoms with Crippen LogP contribution < -0.4 is 15.0 Å². The average Bonchev–Trinajstić information content (AvgIpc) is 2.98. The number of methoxy groups -OCH3 is 1. The smallest absolute Gasteiger partial charge is 0.246 e. The Balaban J connectivity index is 1.78. The van der Waals surface area contributed by atoms with Crippen LogP contribution in [0.25, 0.3) is 0 Å². The van der Waals surface area contributed by atoms with Gasteiger partial charge in [0.05, 0.1) is 12.8 Å². The molecule has 120 valence electrons. The number of carbonyl (C=O) groups excluding carboxylic acids is 1. The molecule has 5 heteroatoms. The highest BCUT2D eigenvalue weighted by Crippen LogP contribution is 2.31. The van der Waals surface area contributed by atoms with E-state index in [1.165, 1.54) is 5.56 Å². The second kappa shape index (κ2) is 6.50. The Bertz CT molecular complexity index is 733. The minimum atomic E-state index is -0.276. The standard InChI is InChI=1S/C18H19ClN2O2/c1-12(21-10-9-13-5-3-4-6-16(13)21)18(22)20-15-11-14(19)7-8-17(15)23-2/h3-8,11-12H,9-10H2,1-2H3,(H,20,22)/t12-/m0/s1. The number of amides is 1. The first kappa shape index (κ1) is 15.7. The van der Waals surface area contributed by atoms with Gasteiger partial charge in [-0.3, -0.25) is 4.79 Å². The fraction of sp³-hybridized carbons (Fsp3) is 0.278. The van der Waals surface area contributed by atoms with Crippen LogP contribution in [-0.4, -0.2) is 25.6 Å². The van der Waals surface area contributed by atoms with Crippen molar-refractivity contribution >= 4 is 28.9 Å². The fourth-order valence-electron chi connectivity index (χ4n) is 2.92. The van der Waals surface area contributed by atoms with Crippen molar-refractivity contribution in [3.8, 4) is 5.75 Å². The van der Waals surface area contributed by atoms with Gasteiger partial charge in [-0.2, -0.15) is 0 Å². The molecular weight excluding hydrogens is 312 g/mol. The van der Waals surface area contributed by atoms with Crippen molar-refractivity contribution in [1.29, 1.82) is 0 Å². The van der Waals surface area contributed by atoms with E-state index < -0.39 is 0 Å². The molecule has 1 atom stereocenters. The van der Waals surface area contributed by atoms with Crippen molar-refractivity contribution in [2.45, 2.75) is 19.4 Å². The molecule has 0 aliphatic carbocycles. The van der Waals surface area contributed by atoms with Crippen LogP contribution >= 0.6 is 11.6 Å². The zero-order chi connectivity index (χ0) is 16.4. The molecule has 23 heavy (non-hydrogen) atoms. The van der Waals surface area contributed by atoms with E-state index in [1.54, 1.807) is 25.3 Å². The molecular formula is C18H19ClN2O2. The van der Waals surface area contributed by atoms with Crippen LogP contribution in [0, 0.1) is 0 Å². The van der Waals surface area contributed by atoms with E-state index in [2.05, 4.69) is 22.3 Å². The molecule has 1 N–H and O–H groups in total. The van der Waals surface area contributed by atoms with Crippen LogP contribution in [0.15, 0.2) is 42.5 Å². The number of ether oxygens (including phenoxy) is 1. The maximum atomic E-state index is 12.6. The maximum absolute atomic E-state index is 12.6. The summed E-state index contributed by atoms with van der Waals surface area (Å²) in [6.45, 7) is 2.76. The lowest BCUT2D eigenvalue weighted by Crippen LogP contribution is -2.41. The molecule has 2 aromatic carbocycles. The van der Waals surface area contributed by atoms with Crippen LogP contribution in [0.3, 0.4) is 0 Å². The van der Waals surface area contributed by atoms with Gasteiger partial charge in [0, 0.05) is 17.3 Å². The molecule has 3 rings (SSSR count). The van der Waals surface area contributed by atoms with Crippen LogP contribution in [0.1, 0.15) is 12.5 Å². The molecule has 4 nitrogen and oxygen atoms in total. The van der Waals surface area contributed by atoms with Gasteiger partial charge in [-0.05, 0) is 43.2 Å². The third kappa shape index (κ3) is 3.13. The van der Waals surface area contributed by atoms with Gasteiger partial charge in [-0.25, -0.2) is 0 Å². The molecule has 0 aromatic heterocycles. The summed E-state index contributed by atoms with van der Waals surface area (Å²) in [6.07, 6.45) is 0.967. The van der Waals surface area contributed by atoms with Crippen molar-refractivity contribution in [1.82, 2.24) is 0 Å². The number of para-hydroxylation sites is 1. The van der Waals surface area contributed by atoms with Crippen molar-refractivity contribution in [3.05, 3.63) is 53.1 Å². The normalized spacial score (nSPS) is 14.3. The number of rotatable bonds is 4. The summed E-state index contributed by atoms with van der Waals surface area (Å²) in [5.41, 5.74) is 3.00. The highest BCUT2D eigenvalue weighted by Gasteiger charge is 2.27. The van der Waals surface area contributed by atoms with E-state index >= 15 is 0 Å². The van der Waals surface area contributed by atoms with E-state index in [-0.39, 0.29) is 11.9 Å². The lowest BCUT2D eigenvalue weighted by molar-refractivity contribution is -0.117. The zero-order valence-electron chi connectivity index (χ0n) is 13.2. The topological polar surface area (TPSA) is 41.6 Å². The van der Waals surface area contributed by atoms with E-state index in [0.29, 0.717) is 16.5 Å². The predicted octanol–water partition coefficient (Wildman–Crippen LogP) is 3.74. The summed E-state index contributed by atoms with van der Waals surface area (Å²) in [7, 11) is 1.57. The van der Waals surface area contributed by atoms with Crippen LogP contribution in [0.2, 0.25) is 5.02 Å². The van der Waals surface area contributed by atoms with Crippen molar-refractivity contribution in [2.75, 3.05) is 23.9 Å². The first-order valence-electron chi connectivity index (χ1n) is 7.59. The Morgan fingerprint density at radius 2 is 2.09 bits per heavy atom. The molecule has 0 radical (unpaired) electrons. The van der Waals surface area contributed by atoms with E-state index in [4.69, 9.17) is 16.3 Å². The van der Waals surface area contributed by atoms with Gasteiger partial charge in [0.25, 0.3) is 0 Å². The SMILES string of the molecule is COc1ccc(Cl)cc1NC(=O)[C@H](C)N1CCc2ccccc21. The number of anilines is 2. The van der Waals surface area contributed by atoms with Gasteiger partial charge in [-0.15, -0.1) is 0 Å². The number of nitrogens with one attached hydrogen (secondary N) is 1. The van der Waals surface area contributed by atoms with Crippen LogP contribution in [-0.2, 0) is 11.2 Å². The molecule has 1 aliphatic rings. The summed E-state index contributed by atoms with van der Waals surface area (Å²) in [6, 6.07) is 13.1. The number of carbonyl (C=O) groups is 1. The molecule has 1 aliphatic heterocycles. The largest absolute Gasteiger partial charge is 0.495 e. The van der Waals surface area contributed by atoms with Crippen LogP contribution in [0.5, 0.6) is 5.75 Å². The van der Waals surface area contributed by atoms with Crippen molar-refractivity contribution in [2.24, 2.45) is 0 Å². The van der Waals surface area contributed by atoms with Crippen LogP contribution in [0.4, 0.5) is 11.4 Å². The van der Waals surface area contributed by atoms with Gasteiger partial charge >= 0.3 is 0 Å². The summed E-state index contributed by atoms with van der Waals surface area (Å²) >= 11 is 6.01. The summed E-state index contributed by atoms with van der Waals surface area (Å²) in [4.78, 5) is 14.8. The number of nitrogens with zero attached hydrogens (tertiary/aromatic N) is 1. The highest BCUT2D eigenvalue weighted by atomic mass is 35.5. The third-order valence-corrected chi connectivity index (χ3v) is 4.42. The number of hydrogen-bond acceptors (Lipinski definition) is 3. The highest BCUT2D eigenvalue weighted by molar-refractivity contribution is 6.31. The lowest BCUT2D eigenvalue weighted by atomic mass is 10.1. The third-order valence-electron chi connectivity index (χ3n) is 4.19. The summed E-state index contributed by atoms with van der Waals surface area (Å²) in [5, 5.41) is 3.48. The van der Waals surface area contributed by atoms with Crippen molar-refractivity contribution in [3.63, 3.8) is 0 Å². The Morgan fingerprint density at radius 1 is 1.30 bits per heavy atom. The molecule has 1 heterocycles. The number of benzene rings is 2. The molecule has 0 bridgehead atoms. The van der Waals surface area contributed by atoms with Gasteiger partial charge in [-0.1, -0.05) is 29.8 Å². The second-order valence-electron chi connectivity index (χ2n) is 5.58. The molecule has 2 aromatic rings. The van der Waals surface area contributed by atoms with E-state index in [9.17, 15) is 4.79 Å². The summed E-state index contributed by atoms with van der Waals surface area (Å²) < 4.78 is 5.28. The number of halogens is 1. The number of hydrogen-bond donors (Lipinski definition) is 1. The molecule has 0 fully saturated rings. The lowest BCUT2D eigenvalue weighted by Gasteiger charge is -2.26. The minimum Gasteiger partial charge on any atom is -0.495 e. The first-order valence-corrected chi connectivity index (χ1v) is 7.97. The summed E-state index contributed by atoms with van der Waals surface area (Å²) in [5.74, 6) is 0.513. The minimum absolute atomic E-state index is 0.0812. The molecule has 0 saturated heterocycles. The molecule has 0 spiro atoms. The molecule has 0 saturated carbocycles. The Kier molecular flexibility index (Phi) is 4.44. The second-order valence-corrected chi connectivity index (χ2v) is 6.02. The van der Waals surface area contributed by atoms with E-state index in [1.807, 2.05) is 19.1 Å². The Morgan fingerprint density at radius 3 is 2.87 bits per heavy atom. The van der Waals surface area contributed by atoms with Gasteiger partial charge in [0.1, 0.15) is 11.8 Å². The average molecular weight is 331 g/mol. The Labute approximate surface area is 141 Å². The van der Waals surface area contributed by atoms with Gasteiger partial charge in [0.2, 0.25) is 5.91 Å². The fourth-order valence-corrected chi connectivity index (χ4v) is 3.09. The molecule has 0 unspecified atom stereocenters. The monoisotopic (exact) mass is 330 g/mol. The van der Waals surface area contributed by atoms with Gasteiger partial charge in [0.15, 0.2) is 0 Å². The Hall–Kier alpha value is -2.20. The first-order chi connectivity index (χ1) is 11.1. The predicted molar refractivity (Wildman–Crippen MR) is 93.6 cm³/mol. The quantitative estimate of drug-likeness (QED) is 0.928. The number of fused-ring (bicyclic) bond motifs is 1. The van der Waals surface area contributed by atoms with Crippen molar-refractivity contribution < 1.29 is 9.53 Å². The van der Waals surface area contributed by atoms with E-state index in [0.717, 1.165) is 18.7 Å². The maximum Gasteiger partial charge on any atom is 0.246 e. The molecule has 1 amide bonds.